The van der Waals surface area contributed by atoms with Gasteiger partial charge in [-0.15, -0.1) is 0 Å². The first-order chi connectivity index (χ1) is 32.7. The Bertz CT molecular complexity index is 2630. The number of carbonyl (C=O) groups excluding carboxylic acids is 2. The summed E-state index contributed by atoms with van der Waals surface area (Å²) in [5, 5.41) is 79.1. The fourth-order valence-corrected chi connectivity index (χ4v) is 11.6. The largest absolute Gasteiger partial charge is 0.507 e. The number of ketones is 2. The molecule has 7 aliphatic rings. The van der Waals surface area contributed by atoms with E-state index in [9.17, 15) is 45.3 Å². The van der Waals surface area contributed by atoms with E-state index < -0.39 is 139 Å². The van der Waals surface area contributed by atoms with Gasteiger partial charge in [-0.25, -0.2) is 4.79 Å². The van der Waals surface area contributed by atoms with Crippen LogP contribution in [0.1, 0.15) is 114 Å². The molecule has 3 aromatic rings. The Kier molecular flexibility index (Phi) is 12.5. The van der Waals surface area contributed by atoms with Crippen LogP contribution in [-0.2, 0) is 38.0 Å². The molecule has 1 aromatic heterocycles. The molecule has 0 spiro atoms. The van der Waals surface area contributed by atoms with Gasteiger partial charge in [0.2, 0.25) is 0 Å². The van der Waals surface area contributed by atoms with Crippen LogP contribution in [0.25, 0.3) is 27.5 Å². The number of rotatable bonds is 8. The summed E-state index contributed by atoms with van der Waals surface area (Å²) < 4.78 is 49.9. The quantitative estimate of drug-likeness (QED) is 0.170. The molecule has 0 amide bonds. The summed E-state index contributed by atoms with van der Waals surface area (Å²) in [6.07, 6.45) is -9.05. The van der Waals surface area contributed by atoms with Gasteiger partial charge in [0.05, 0.1) is 71.7 Å². The molecule has 10 rings (SSSR count). The number of aliphatic hydroxyl groups excluding tert-OH is 4. The Morgan fingerprint density at radius 3 is 2.12 bits per heavy atom. The van der Waals surface area contributed by atoms with Gasteiger partial charge in [-0.3, -0.25) is 9.59 Å². The van der Waals surface area contributed by atoms with Crippen LogP contribution in [0.3, 0.4) is 0 Å². The highest BCUT2D eigenvalue weighted by molar-refractivity contribution is 6.31. The second-order valence-corrected chi connectivity index (χ2v) is 20.3. The third-order valence-corrected chi connectivity index (χ3v) is 15.2. The van der Waals surface area contributed by atoms with Crippen LogP contribution in [0.2, 0.25) is 0 Å². The van der Waals surface area contributed by atoms with Crippen molar-refractivity contribution in [1.29, 1.82) is 0 Å². The van der Waals surface area contributed by atoms with Crippen LogP contribution in [0.4, 0.5) is 0 Å². The van der Waals surface area contributed by atoms with Crippen LogP contribution in [0.15, 0.2) is 63.3 Å². The molecule has 4 saturated heterocycles. The monoisotopic (exact) mass is 960 g/mol. The Labute approximate surface area is 397 Å². The number of phenols is 1. The lowest BCUT2D eigenvalue weighted by atomic mass is 9.57. The number of Topliss-reactive ketones (excluding diaryl/α,β-unsaturated/α-hetero) is 2. The number of hydrogen-bond donors (Lipinski definition) is 7. The number of phenolic OH excluding ortho intramolecular Hbond substituents is 1. The molecule has 18 heteroatoms. The van der Waals surface area contributed by atoms with Gasteiger partial charge >= 0.3 is 5.63 Å². The predicted octanol–water partition coefficient (Wildman–Crippen LogP) is 3.53. The summed E-state index contributed by atoms with van der Waals surface area (Å²) in [6, 6.07) is 10.1. The fraction of sp³-hybridized carbons (Fsp3) is 0.588. The maximum absolute atomic E-state index is 15.3. The summed E-state index contributed by atoms with van der Waals surface area (Å²) in [7, 11) is 0. The van der Waals surface area contributed by atoms with E-state index in [1.807, 2.05) is 6.92 Å². The summed E-state index contributed by atoms with van der Waals surface area (Å²) in [4.78, 5) is 44.9. The zero-order valence-corrected chi connectivity index (χ0v) is 39.0. The maximum Gasteiger partial charge on any atom is 0.344 e. The third-order valence-electron chi connectivity index (χ3n) is 15.2. The minimum Gasteiger partial charge on any atom is -0.507 e. The molecule has 17 unspecified atom stereocenters. The zero-order valence-electron chi connectivity index (χ0n) is 39.0. The molecular formula is C51H60O18. The van der Waals surface area contributed by atoms with E-state index in [1.165, 1.54) is 25.1 Å². The topological polar surface area (TPSA) is 271 Å². The van der Waals surface area contributed by atoms with Crippen LogP contribution >= 0.6 is 0 Å². The van der Waals surface area contributed by atoms with E-state index in [4.69, 9.17) is 37.6 Å². The van der Waals surface area contributed by atoms with Crippen molar-refractivity contribution in [2.45, 2.75) is 189 Å². The predicted molar refractivity (Wildman–Crippen MR) is 241 cm³/mol. The van der Waals surface area contributed by atoms with Crippen molar-refractivity contribution in [1.82, 2.24) is 0 Å². The van der Waals surface area contributed by atoms with Gasteiger partial charge in [-0.05, 0) is 65.2 Å². The first-order valence-electron chi connectivity index (χ1n) is 23.9. The first kappa shape index (κ1) is 48.4. The van der Waals surface area contributed by atoms with Gasteiger partial charge in [0, 0.05) is 66.0 Å². The van der Waals surface area contributed by atoms with E-state index in [0.29, 0.717) is 18.4 Å². The molecule has 1 saturated carbocycles. The normalized spacial score (nSPS) is 41.3. The zero-order chi connectivity index (χ0) is 49.1. The average molecular weight is 961 g/mol. The lowest BCUT2D eigenvalue weighted by Crippen LogP contribution is -2.70. The van der Waals surface area contributed by atoms with Crippen LogP contribution in [0.5, 0.6) is 5.75 Å². The number of aromatic hydroxyl groups is 1. The van der Waals surface area contributed by atoms with Crippen molar-refractivity contribution in [2.24, 2.45) is 0 Å². The molecule has 4 aliphatic heterocycles. The van der Waals surface area contributed by atoms with Gasteiger partial charge in [-0.2, -0.15) is 0 Å². The molecule has 0 bridgehead atoms. The van der Waals surface area contributed by atoms with Crippen LogP contribution in [-0.4, -0.2) is 144 Å². The van der Waals surface area contributed by atoms with Crippen molar-refractivity contribution in [3.05, 3.63) is 81.4 Å². The maximum atomic E-state index is 15.3. The number of hydrogen-bond acceptors (Lipinski definition) is 18. The third kappa shape index (κ3) is 8.15. The summed E-state index contributed by atoms with van der Waals surface area (Å²) in [5.74, 6) is -2.42. The smallest absolute Gasteiger partial charge is 0.344 e. The van der Waals surface area contributed by atoms with E-state index in [1.54, 1.807) is 51.1 Å². The van der Waals surface area contributed by atoms with Gasteiger partial charge < -0.3 is 73.3 Å². The number of fused-ring (bicyclic) bond motifs is 3. The minimum atomic E-state index is -2.48. The van der Waals surface area contributed by atoms with Crippen molar-refractivity contribution >= 4 is 27.9 Å². The Hall–Kier alpha value is -4.25. The molecule has 2 aromatic carbocycles. The van der Waals surface area contributed by atoms with E-state index in [0.717, 1.165) is 0 Å². The lowest BCUT2D eigenvalue weighted by molar-refractivity contribution is -0.306. The van der Waals surface area contributed by atoms with Gasteiger partial charge in [0.1, 0.15) is 29.3 Å². The Balaban J connectivity index is 1.04. The van der Waals surface area contributed by atoms with E-state index in [2.05, 4.69) is 0 Å². The molecular weight excluding hydrogens is 901 g/mol. The standard InChI is InChI=1S/C51H60O18/c1-22-30(52)11-13-37(63-22)69-51-35(54)20-49(5,60)21-50(51,61)16-15-27-42(51)47-40-29(39(48(59)68-47)26-9-7-6-8-10-26)17-28(46(58)41(40)45(27)57)33-19-34(44(56)25(4)62-33)67-36-14-12-32(23(2)64-36)66-38-18-31(53)43(55)24(3)65-38/h6-10,15-17,22-25,30-34,36-38,43-44,52-53,55-56,58,60-61H,11-14,18-21H2,1-5H3. The molecule has 18 nitrogen and oxygen atoms in total. The molecule has 69 heavy (non-hydrogen) atoms. The number of carbonyl (C=O) groups is 2. The second-order valence-electron chi connectivity index (χ2n) is 20.3. The molecule has 0 radical (unpaired) electrons. The van der Waals surface area contributed by atoms with Crippen LogP contribution < -0.4 is 5.63 Å². The van der Waals surface area contributed by atoms with E-state index >= 15 is 4.79 Å². The van der Waals surface area contributed by atoms with Gasteiger partial charge in [-0.1, -0.05) is 36.4 Å². The number of benzene rings is 2. The molecule has 17 atom stereocenters. The molecule has 372 valence electrons. The van der Waals surface area contributed by atoms with Gasteiger partial charge in [0.15, 0.2) is 36.0 Å². The highest BCUT2D eigenvalue weighted by Gasteiger charge is 2.68. The fourth-order valence-electron chi connectivity index (χ4n) is 11.6. The first-order valence-corrected chi connectivity index (χ1v) is 23.9. The van der Waals surface area contributed by atoms with Crippen molar-refractivity contribution in [3.63, 3.8) is 0 Å². The van der Waals surface area contributed by atoms with Gasteiger partial charge in [0.25, 0.3) is 0 Å². The minimum absolute atomic E-state index is 0.0263. The number of aliphatic hydroxyl groups is 6. The number of allylic oxidation sites excluding steroid dienone is 2. The second kappa shape index (κ2) is 17.8. The van der Waals surface area contributed by atoms with Crippen molar-refractivity contribution < 1.29 is 82.9 Å². The average Bonchev–Trinajstić information content (AvgIpc) is 3.28. The van der Waals surface area contributed by atoms with Crippen molar-refractivity contribution in [2.75, 3.05) is 0 Å². The highest BCUT2D eigenvalue weighted by atomic mass is 16.7. The molecule has 7 N–H and O–H groups in total. The Morgan fingerprint density at radius 2 is 1.41 bits per heavy atom. The summed E-state index contributed by atoms with van der Waals surface area (Å²) >= 11 is 0. The molecule has 5 heterocycles. The number of ether oxygens (including phenoxy) is 7. The lowest BCUT2D eigenvalue weighted by Gasteiger charge is -2.55. The Morgan fingerprint density at radius 1 is 0.725 bits per heavy atom. The summed E-state index contributed by atoms with van der Waals surface area (Å²) in [6.45, 7) is 8.15. The summed E-state index contributed by atoms with van der Waals surface area (Å²) in [5.41, 5.74) is -7.59. The highest BCUT2D eigenvalue weighted by Crippen LogP contribution is 2.58. The van der Waals surface area contributed by atoms with Crippen molar-refractivity contribution in [3.8, 4) is 16.9 Å². The molecule has 5 fully saturated rings. The SMILES string of the molecule is CC1OC(OC23C(=O)CC(C)(O)CC2(O)C=CC2=C3c3oc(=O)c(-c4ccccc4)c4cc(C5CC(OC6CCC(OC7CC(O)C(O)C(C)O7)C(C)O6)C(O)C(C)O5)c(O)c(c34)C2=O)CCC1O. The van der Waals surface area contributed by atoms with Crippen LogP contribution in [0, 0.1) is 0 Å². The van der Waals surface area contributed by atoms with E-state index in [-0.39, 0.29) is 70.1 Å². The molecule has 3 aliphatic carbocycles.